The lowest BCUT2D eigenvalue weighted by Gasteiger charge is -2.22. The number of anilines is 1. The van der Waals surface area contributed by atoms with Crippen LogP contribution in [-0.4, -0.2) is 37.0 Å². The number of nitrogens with zero attached hydrogens (tertiary/aromatic N) is 5. The van der Waals surface area contributed by atoms with Crippen molar-refractivity contribution in [2.75, 3.05) is 11.4 Å². The maximum Gasteiger partial charge on any atom is 0.354 e. The molecule has 1 N–H and O–H groups in total. The SMILES string of the molecule is CCN(Cc1ccccn1)c1nc(C(=O)O)cc2nccn12. The molecule has 0 atom stereocenters. The summed E-state index contributed by atoms with van der Waals surface area (Å²) in [5, 5.41) is 9.22. The van der Waals surface area contributed by atoms with Crippen LogP contribution in [0.1, 0.15) is 23.1 Å². The third kappa shape index (κ3) is 2.60. The number of imidazole rings is 1. The van der Waals surface area contributed by atoms with Gasteiger partial charge in [0, 0.05) is 31.2 Å². The molecule has 3 aromatic heterocycles. The van der Waals surface area contributed by atoms with Gasteiger partial charge in [0.15, 0.2) is 5.69 Å². The Kier molecular flexibility index (Phi) is 3.69. The average Bonchev–Trinajstić information content (AvgIpc) is 3.01. The maximum atomic E-state index is 11.3. The predicted octanol–water partition coefficient (Wildman–Crippen LogP) is 1.85. The van der Waals surface area contributed by atoms with Gasteiger partial charge in [-0.05, 0) is 19.1 Å². The molecule has 0 bridgehead atoms. The van der Waals surface area contributed by atoms with E-state index in [2.05, 4.69) is 15.0 Å². The Hall–Kier alpha value is -2.96. The van der Waals surface area contributed by atoms with Crippen molar-refractivity contribution in [2.24, 2.45) is 0 Å². The topological polar surface area (TPSA) is 83.6 Å². The smallest absolute Gasteiger partial charge is 0.354 e. The first-order valence-electron chi connectivity index (χ1n) is 6.91. The molecule has 0 aliphatic heterocycles. The Morgan fingerprint density at radius 1 is 1.32 bits per heavy atom. The highest BCUT2D eigenvalue weighted by Crippen LogP contribution is 2.17. The number of carbonyl (C=O) groups is 1. The van der Waals surface area contributed by atoms with Gasteiger partial charge in [-0.15, -0.1) is 0 Å². The van der Waals surface area contributed by atoms with Crippen molar-refractivity contribution >= 4 is 17.6 Å². The van der Waals surface area contributed by atoms with Gasteiger partial charge in [0.1, 0.15) is 5.65 Å². The summed E-state index contributed by atoms with van der Waals surface area (Å²) in [6.45, 7) is 3.20. The van der Waals surface area contributed by atoms with E-state index in [4.69, 9.17) is 0 Å². The van der Waals surface area contributed by atoms with E-state index in [1.165, 1.54) is 6.07 Å². The molecule has 0 unspecified atom stereocenters. The molecule has 3 aromatic rings. The molecule has 3 heterocycles. The Labute approximate surface area is 126 Å². The van der Waals surface area contributed by atoms with Gasteiger partial charge >= 0.3 is 5.97 Å². The predicted molar refractivity (Wildman–Crippen MR) is 80.9 cm³/mol. The fourth-order valence-corrected chi connectivity index (χ4v) is 2.25. The number of carboxylic acid groups (broad SMARTS) is 1. The van der Waals surface area contributed by atoms with Gasteiger partial charge < -0.3 is 10.0 Å². The van der Waals surface area contributed by atoms with Crippen LogP contribution < -0.4 is 4.90 Å². The Balaban J connectivity index is 2.05. The van der Waals surface area contributed by atoms with Gasteiger partial charge in [0.25, 0.3) is 0 Å². The molecule has 112 valence electrons. The van der Waals surface area contributed by atoms with E-state index in [0.29, 0.717) is 24.7 Å². The normalized spacial score (nSPS) is 10.8. The minimum Gasteiger partial charge on any atom is -0.477 e. The molecule has 0 aliphatic carbocycles. The van der Waals surface area contributed by atoms with Crippen LogP contribution in [0.25, 0.3) is 5.65 Å². The van der Waals surface area contributed by atoms with E-state index in [-0.39, 0.29) is 5.69 Å². The molecule has 0 radical (unpaired) electrons. The van der Waals surface area contributed by atoms with Gasteiger partial charge in [-0.2, -0.15) is 0 Å². The summed E-state index contributed by atoms with van der Waals surface area (Å²) in [5.74, 6) is -0.527. The monoisotopic (exact) mass is 297 g/mol. The summed E-state index contributed by atoms with van der Waals surface area (Å²) in [7, 11) is 0. The van der Waals surface area contributed by atoms with Gasteiger partial charge in [-0.3, -0.25) is 9.38 Å². The number of aromatic nitrogens is 4. The van der Waals surface area contributed by atoms with Crippen molar-refractivity contribution in [3.63, 3.8) is 0 Å². The van der Waals surface area contributed by atoms with Gasteiger partial charge in [-0.25, -0.2) is 14.8 Å². The molecule has 7 heteroatoms. The van der Waals surface area contributed by atoms with E-state index < -0.39 is 5.97 Å². The van der Waals surface area contributed by atoms with Crippen LogP contribution in [0.15, 0.2) is 42.9 Å². The van der Waals surface area contributed by atoms with E-state index in [9.17, 15) is 9.90 Å². The fourth-order valence-electron chi connectivity index (χ4n) is 2.25. The molecule has 0 amide bonds. The second-order valence-electron chi connectivity index (χ2n) is 4.74. The first-order valence-corrected chi connectivity index (χ1v) is 6.91. The second kappa shape index (κ2) is 5.80. The van der Waals surface area contributed by atoms with E-state index in [1.807, 2.05) is 30.0 Å². The zero-order valence-corrected chi connectivity index (χ0v) is 12.0. The minimum atomic E-state index is -1.07. The first-order chi connectivity index (χ1) is 10.7. The van der Waals surface area contributed by atoms with Crippen LogP contribution in [0.2, 0.25) is 0 Å². The molecule has 0 saturated heterocycles. The van der Waals surface area contributed by atoms with Gasteiger partial charge in [0.05, 0.1) is 12.2 Å². The van der Waals surface area contributed by atoms with Crippen molar-refractivity contribution in [2.45, 2.75) is 13.5 Å². The van der Waals surface area contributed by atoms with E-state index in [1.54, 1.807) is 23.0 Å². The highest BCUT2D eigenvalue weighted by molar-refractivity contribution is 5.87. The standard InChI is InChI=1S/C15H15N5O2/c1-2-19(10-11-5-3-4-6-16-11)15-18-12(14(21)22)9-13-17-7-8-20(13)15/h3-9H,2,10H2,1H3,(H,21,22). The van der Waals surface area contributed by atoms with Crippen LogP contribution in [0.3, 0.4) is 0 Å². The molecule has 0 aliphatic rings. The minimum absolute atomic E-state index is 0.0202. The van der Waals surface area contributed by atoms with Gasteiger partial charge in [-0.1, -0.05) is 6.07 Å². The van der Waals surface area contributed by atoms with Crippen molar-refractivity contribution in [1.82, 2.24) is 19.4 Å². The lowest BCUT2D eigenvalue weighted by Crippen LogP contribution is -2.26. The summed E-state index contributed by atoms with van der Waals surface area (Å²) < 4.78 is 1.78. The molecule has 3 rings (SSSR count). The van der Waals surface area contributed by atoms with Crippen LogP contribution in [0.4, 0.5) is 5.95 Å². The number of carboxylic acids is 1. The summed E-state index contributed by atoms with van der Waals surface area (Å²) in [5.41, 5.74) is 1.43. The summed E-state index contributed by atoms with van der Waals surface area (Å²) in [4.78, 5) is 26.0. The third-order valence-electron chi connectivity index (χ3n) is 3.33. The number of fused-ring (bicyclic) bond motifs is 1. The number of pyridine rings is 1. The summed E-state index contributed by atoms with van der Waals surface area (Å²) in [6, 6.07) is 7.16. The lowest BCUT2D eigenvalue weighted by atomic mass is 10.3. The van der Waals surface area contributed by atoms with Crippen LogP contribution in [0, 0.1) is 0 Å². The number of hydrogen-bond donors (Lipinski definition) is 1. The first kappa shape index (κ1) is 14.0. The largest absolute Gasteiger partial charge is 0.477 e. The quantitative estimate of drug-likeness (QED) is 0.773. The highest BCUT2D eigenvalue weighted by atomic mass is 16.4. The molecular weight excluding hydrogens is 282 g/mol. The van der Waals surface area contributed by atoms with Crippen LogP contribution in [0.5, 0.6) is 0 Å². The van der Waals surface area contributed by atoms with Crippen molar-refractivity contribution in [3.8, 4) is 0 Å². The van der Waals surface area contributed by atoms with Gasteiger partial charge in [0.2, 0.25) is 5.95 Å². The average molecular weight is 297 g/mol. The Morgan fingerprint density at radius 3 is 2.86 bits per heavy atom. The second-order valence-corrected chi connectivity index (χ2v) is 4.74. The summed E-state index contributed by atoms with van der Waals surface area (Å²) in [6.07, 6.45) is 5.13. The molecule has 7 nitrogen and oxygen atoms in total. The number of hydrogen-bond acceptors (Lipinski definition) is 5. The summed E-state index contributed by atoms with van der Waals surface area (Å²) >= 11 is 0. The molecule has 22 heavy (non-hydrogen) atoms. The van der Waals surface area contributed by atoms with Crippen LogP contribution >= 0.6 is 0 Å². The van der Waals surface area contributed by atoms with Crippen molar-refractivity contribution in [3.05, 3.63) is 54.2 Å². The van der Waals surface area contributed by atoms with Crippen molar-refractivity contribution in [1.29, 1.82) is 0 Å². The molecule has 0 aromatic carbocycles. The molecular formula is C15H15N5O2. The molecule has 0 spiro atoms. The van der Waals surface area contributed by atoms with Crippen molar-refractivity contribution < 1.29 is 9.90 Å². The zero-order valence-electron chi connectivity index (χ0n) is 12.0. The lowest BCUT2D eigenvalue weighted by molar-refractivity contribution is 0.0690. The highest BCUT2D eigenvalue weighted by Gasteiger charge is 2.16. The molecule has 0 fully saturated rings. The number of aromatic carboxylic acids is 1. The number of rotatable bonds is 5. The fraction of sp³-hybridized carbons (Fsp3) is 0.200. The maximum absolute atomic E-state index is 11.3. The Morgan fingerprint density at radius 2 is 2.18 bits per heavy atom. The van der Waals surface area contributed by atoms with E-state index >= 15 is 0 Å². The van der Waals surface area contributed by atoms with E-state index in [0.717, 1.165) is 5.69 Å². The Bertz CT molecular complexity index is 800. The zero-order chi connectivity index (χ0) is 15.5. The van der Waals surface area contributed by atoms with Crippen LogP contribution in [-0.2, 0) is 6.54 Å². The third-order valence-corrected chi connectivity index (χ3v) is 3.33. The molecule has 0 saturated carbocycles.